The summed E-state index contributed by atoms with van der Waals surface area (Å²) in [4.78, 5) is 28.7. The Morgan fingerprint density at radius 1 is 1.25 bits per heavy atom. The molecule has 3 heterocycles. The SMILES string of the molecule is COCC(=O)N1C[C@H]2CN(C(=O)Cn3cnnn3)C[C@H]2[C@@H]1c1cccc(F)c1. The lowest BCUT2D eigenvalue weighted by Gasteiger charge is -2.30. The lowest BCUT2D eigenvalue weighted by Crippen LogP contribution is -2.39. The van der Waals surface area contributed by atoms with Gasteiger partial charge in [-0.15, -0.1) is 5.10 Å². The molecule has 0 spiro atoms. The highest BCUT2D eigenvalue weighted by atomic mass is 19.1. The van der Waals surface area contributed by atoms with Crippen LogP contribution in [0.2, 0.25) is 0 Å². The topological polar surface area (TPSA) is 93.5 Å². The average Bonchev–Trinajstić information content (AvgIpc) is 3.37. The number of nitrogens with zero attached hydrogens (tertiary/aromatic N) is 6. The van der Waals surface area contributed by atoms with E-state index in [1.807, 2.05) is 6.07 Å². The lowest BCUT2D eigenvalue weighted by atomic mass is 9.89. The van der Waals surface area contributed by atoms with E-state index in [9.17, 15) is 14.0 Å². The summed E-state index contributed by atoms with van der Waals surface area (Å²) < 4.78 is 20.2. The molecule has 0 bridgehead atoms. The lowest BCUT2D eigenvalue weighted by molar-refractivity contribution is -0.137. The van der Waals surface area contributed by atoms with E-state index in [4.69, 9.17) is 4.74 Å². The molecule has 1 aromatic carbocycles. The van der Waals surface area contributed by atoms with Crippen LogP contribution in [0.25, 0.3) is 0 Å². The number of fused-ring (bicyclic) bond motifs is 1. The molecular formula is C18H21FN6O3. The Morgan fingerprint density at radius 3 is 2.82 bits per heavy atom. The van der Waals surface area contributed by atoms with E-state index in [1.54, 1.807) is 15.9 Å². The van der Waals surface area contributed by atoms with E-state index in [1.165, 1.54) is 30.3 Å². The predicted molar refractivity (Wildman–Crippen MR) is 94.1 cm³/mol. The molecule has 0 saturated carbocycles. The van der Waals surface area contributed by atoms with E-state index in [-0.39, 0.29) is 48.7 Å². The largest absolute Gasteiger partial charge is 0.375 e. The Labute approximate surface area is 161 Å². The highest BCUT2D eigenvalue weighted by Crippen LogP contribution is 2.45. The number of rotatable bonds is 5. The van der Waals surface area contributed by atoms with Crippen molar-refractivity contribution < 1.29 is 18.7 Å². The number of carbonyl (C=O) groups is 2. The zero-order valence-corrected chi connectivity index (χ0v) is 15.4. The minimum Gasteiger partial charge on any atom is -0.375 e. The fourth-order valence-corrected chi connectivity index (χ4v) is 4.32. The van der Waals surface area contributed by atoms with Crippen LogP contribution in [-0.2, 0) is 20.9 Å². The van der Waals surface area contributed by atoms with Crippen molar-refractivity contribution in [1.29, 1.82) is 0 Å². The molecule has 0 aliphatic carbocycles. The summed E-state index contributed by atoms with van der Waals surface area (Å²) in [5.41, 5.74) is 0.742. The predicted octanol–water partition coefficient (Wildman–Crippen LogP) is 0.117. The molecule has 9 nitrogen and oxygen atoms in total. The van der Waals surface area contributed by atoms with Gasteiger partial charge in [0.15, 0.2) is 0 Å². The van der Waals surface area contributed by atoms with Crippen LogP contribution in [-0.4, -0.2) is 75.2 Å². The molecule has 10 heteroatoms. The zero-order chi connectivity index (χ0) is 19.7. The molecule has 0 radical (unpaired) electrons. The van der Waals surface area contributed by atoms with Gasteiger partial charge in [-0.05, 0) is 28.1 Å². The maximum atomic E-state index is 13.8. The number of benzene rings is 1. The van der Waals surface area contributed by atoms with Crippen LogP contribution in [0.4, 0.5) is 4.39 Å². The van der Waals surface area contributed by atoms with E-state index < -0.39 is 0 Å². The second-order valence-corrected chi connectivity index (χ2v) is 7.21. The summed E-state index contributed by atoms with van der Waals surface area (Å²) in [5, 5.41) is 10.8. The highest BCUT2D eigenvalue weighted by molar-refractivity contribution is 5.79. The molecule has 0 unspecified atom stereocenters. The van der Waals surface area contributed by atoms with Gasteiger partial charge < -0.3 is 14.5 Å². The van der Waals surface area contributed by atoms with E-state index >= 15 is 0 Å². The first-order chi connectivity index (χ1) is 13.6. The summed E-state index contributed by atoms with van der Waals surface area (Å²) in [5.74, 6) is -0.371. The van der Waals surface area contributed by atoms with Crippen LogP contribution in [0.15, 0.2) is 30.6 Å². The van der Waals surface area contributed by atoms with Crippen molar-refractivity contribution in [3.63, 3.8) is 0 Å². The molecule has 2 aromatic rings. The molecule has 1 aromatic heterocycles. The normalized spacial score (nSPS) is 23.9. The zero-order valence-electron chi connectivity index (χ0n) is 15.4. The van der Waals surface area contributed by atoms with Crippen LogP contribution in [0.1, 0.15) is 11.6 Å². The minimum atomic E-state index is -0.343. The van der Waals surface area contributed by atoms with Gasteiger partial charge in [-0.1, -0.05) is 12.1 Å². The first kappa shape index (κ1) is 18.5. The number of ether oxygens (including phenoxy) is 1. The molecule has 4 rings (SSSR count). The molecule has 2 amide bonds. The van der Waals surface area contributed by atoms with Crippen molar-refractivity contribution >= 4 is 11.8 Å². The third kappa shape index (κ3) is 3.47. The Kier molecular flexibility index (Phi) is 5.03. The molecule has 28 heavy (non-hydrogen) atoms. The van der Waals surface area contributed by atoms with Gasteiger partial charge in [0, 0.05) is 38.6 Å². The van der Waals surface area contributed by atoms with Crippen LogP contribution in [0.3, 0.4) is 0 Å². The van der Waals surface area contributed by atoms with Crippen molar-refractivity contribution in [2.75, 3.05) is 33.4 Å². The van der Waals surface area contributed by atoms with E-state index in [2.05, 4.69) is 15.5 Å². The number of likely N-dealkylation sites (tertiary alicyclic amines) is 2. The van der Waals surface area contributed by atoms with Crippen LogP contribution in [0, 0.1) is 17.7 Å². The van der Waals surface area contributed by atoms with Gasteiger partial charge in [0.25, 0.3) is 0 Å². The summed E-state index contributed by atoms with van der Waals surface area (Å²) in [7, 11) is 1.48. The van der Waals surface area contributed by atoms with Crippen molar-refractivity contribution in [3.05, 3.63) is 42.0 Å². The molecule has 2 aliphatic rings. The summed E-state index contributed by atoms with van der Waals surface area (Å²) >= 11 is 0. The van der Waals surface area contributed by atoms with Crippen molar-refractivity contribution in [3.8, 4) is 0 Å². The molecule has 2 aliphatic heterocycles. The smallest absolute Gasteiger partial charge is 0.249 e. The second kappa shape index (κ2) is 7.63. The number of tetrazole rings is 1. The number of halogens is 1. The number of hydrogen-bond acceptors (Lipinski definition) is 6. The highest BCUT2D eigenvalue weighted by Gasteiger charge is 2.50. The standard InChI is InChI=1S/C18H21FN6O3/c1-28-10-17(27)25-7-13-6-23(16(26)9-24-11-20-21-22-24)8-15(13)18(25)12-3-2-4-14(19)5-12/h2-5,11,13,15,18H,6-10H2,1H3/t13-,15-,18+/m1/s1. The van der Waals surface area contributed by atoms with Gasteiger partial charge in [-0.25, -0.2) is 9.07 Å². The summed E-state index contributed by atoms with van der Waals surface area (Å²) in [6.45, 7) is 1.62. The molecule has 3 atom stereocenters. The van der Waals surface area contributed by atoms with Crippen LogP contribution in [0.5, 0.6) is 0 Å². The first-order valence-corrected chi connectivity index (χ1v) is 9.09. The number of methoxy groups -OCH3 is 1. The van der Waals surface area contributed by atoms with Crippen LogP contribution >= 0.6 is 0 Å². The fraction of sp³-hybridized carbons (Fsp3) is 0.500. The quantitative estimate of drug-likeness (QED) is 0.722. The molecule has 0 N–H and O–H groups in total. The Morgan fingerprint density at radius 2 is 2.11 bits per heavy atom. The Balaban J connectivity index is 1.55. The number of hydrogen-bond donors (Lipinski definition) is 0. The molecular weight excluding hydrogens is 367 g/mol. The Bertz CT molecular complexity index is 861. The van der Waals surface area contributed by atoms with E-state index in [0.29, 0.717) is 19.6 Å². The number of amides is 2. The van der Waals surface area contributed by atoms with Gasteiger partial charge in [0.05, 0.1) is 6.04 Å². The monoisotopic (exact) mass is 388 g/mol. The van der Waals surface area contributed by atoms with Gasteiger partial charge >= 0.3 is 0 Å². The van der Waals surface area contributed by atoms with Crippen molar-refractivity contribution in [2.45, 2.75) is 12.6 Å². The van der Waals surface area contributed by atoms with Crippen molar-refractivity contribution in [1.82, 2.24) is 30.0 Å². The number of aromatic nitrogens is 4. The summed E-state index contributed by atoms with van der Waals surface area (Å²) in [6, 6.07) is 6.04. The third-order valence-corrected chi connectivity index (χ3v) is 5.48. The van der Waals surface area contributed by atoms with Crippen LogP contribution < -0.4 is 0 Å². The first-order valence-electron chi connectivity index (χ1n) is 9.09. The van der Waals surface area contributed by atoms with Gasteiger partial charge in [-0.2, -0.15) is 0 Å². The molecule has 148 valence electrons. The van der Waals surface area contributed by atoms with Gasteiger partial charge in [0.1, 0.15) is 25.3 Å². The van der Waals surface area contributed by atoms with Crippen molar-refractivity contribution in [2.24, 2.45) is 11.8 Å². The fourth-order valence-electron chi connectivity index (χ4n) is 4.32. The third-order valence-electron chi connectivity index (χ3n) is 5.48. The van der Waals surface area contributed by atoms with E-state index in [0.717, 1.165) is 5.56 Å². The maximum absolute atomic E-state index is 13.8. The molecule has 2 saturated heterocycles. The maximum Gasteiger partial charge on any atom is 0.249 e. The van der Waals surface area contributed by atoms with Gasteiger partial charge in [0.2, 0.25) is 11.8 Å². The van der Waals surface area contributed by atoms with Gasteiger partial charge in [-0.3, -0.25) is 9.59 Å². The summed E-state index contributed by atoms with van der Waals surface area (Å²) in [6.07, 6.45) is 1.40. The Hall–Kier alpha value is -2.88. The number of carbonyl (C=O) groups excluding carboxylic acids is 2. The second-order valence-electron chi connectivity index (χ2n) is 7.21. The molecule has 2 fully saturated rings. The minimum absolute atomic E-state index is 0.0206. The average molecular weight is 388 g/mol.